The number of nitrogens with zero attached hydrogens (tertiary/aromatic N) is 1. The topological polar surface area (TPSA) is 49.8 Å². The summed E-state index contributed by atoms with van der Waals surface area (Å²) in [5.74, 6) is 0.799. The van der Waals surface area contributed by atoms with Crippen LogP contribution in [-0.2, 0) is 16.0 Å². The third kappa shape index (κ3) is 5.53. The van der Waals surface area contributed by atoms with Crippen LogP contribution >= 0.6 is 11.8 Å². The SMILES string of the molecule is CC(SCCCN1CCCc2c(OCC(=O)O)cccc21)(c1ccccc1)c1ccccc1. The Balaban J connectivity index is 1.42. The van der Waals surface area contributed by atoms with Crippen LogP contribution in [-0.4, -0.2) is 36.5 Å². The summed E-state index contributed by atoms with van der Waals surface area (Å²) in [6.07, 6.45) is 3.05. The third-order valence-electron chi connectivity index (χ3n) is 6.27. The maximum absolute atomic E-state index is 10.9. The highest BCUT2D eigenvalue weighted by atomic mass is 32.2. The second kappa shape index (κ2) is 10.8. The lowest BCUT2D eigenvalue weighted by Gasteiger charge is -2.33. The molecule has 0 aliphatic carbocycles. The molecule has 3 aromatic rings. The van der Waals surface area contributed by atoms with Crippen LogP contribution in [0.3, 0.4) is 0 Å². The molecule has 1 heterocycles. The highest BCUT2D eigenvalue weighted by Crippen LogP contribution is 2.43. The van der Waals surface area contributed by atoms with Crippen molar-refractivity contribution in [2.75, 3.05) is 30.3 Å². The van der Waals surface area contributed by atoms with Crippen molar-refractivity contribution in [1.82, 2.24) is 0 Å². The Morgan fingerprint density at radius 3 is 2.30 bits per heavy atom. The fourth-order valence-electron chi connectivity index (χ4n) is 4.55. The van der Waals surface area contributed by atoms with E-state index in [0.717, 1.165) is 43.7 Å². The number of thioether (sulfide) groups is 1. The molecule has 1 N–H and O–H groups in total. The van der Waals surface area contributed by atoms with Crippen LogP contribution in [0.15, 0.2) is 78.9 Å². The smallest absolute Gasteiger partial charge is 0.341 e. The first-order valence-electron chi connectivity index (χ1n) is 11.5. The van der Waals surface area contributed by atoms with E-state index in [0.29, 0.717) is 5.75 Å². The molecule has 172 valence electrons. The van der Waals surface area contributed by atoms with Gasteiger partial charge in [0.25, 0.3) is 0 Å². The Morgan fingerprint density at radius 2 is 1.67 bits per heavy atom. The summed E-state index contributed by atoms with van der Waals surface area (Å²) in [6, 6.07) is 27.5. The van der Waals surface area contributed by atoms with Gasteiger partial charge in [-0.1, -0.05) is 66.7 Å². The molecular weight excluding hydrogens is 430 g/mol. The summed E-state index contributed by atoms with van der Waals surface area (Å²) in [6.45, 7) is 4.02. The van der Waals surface area contributed by atoms with Crippen LogP contribution in [0.1, 0.15) is 36.5 Å². The zero-order chi connectivity index (χ0) is 23.1. The van der Waals surface area contributed by atoms with Crippen molar-refractivity contribution in [2.24, 2.45) is 0 Å². The predicted octanol–water partition coefficient (Wildman–Crippen LogP) is 5.99. The predicted molar refractivity (Wildman–Crippen MR) is 137 cm³/mol. The zero-order valence-corrected chi connectivity index (χ0v) is 19.9. The van der Waals surface area contributed by atoms with Gasteiger partial charge in [-0.05, 0) is 55.2 Å². The van der Waals surface area contributed by atoms with Crippen LogP contribution in [0.4, 0.5) is 5.69 Å². The van der Waals surface area contributed by atoms with Crippen molar-refractivity contribution in [2.45, 2.75) is 30.9 Å². The monoisotopic (exact) mass is 461 g/mol. The third-order valence-corrected chi connectivity index (χ3v) is 7.81. The second-order valence-electron chi connectivity index (χ2n) is 8.49. The van der Waals surface area contributed by atoms with Gasteiger partial charge in [0.05, 0.1) is 4.75 Å². The normalized spacial score (nSPS) is 13.4. The molecule has 3 aromatic carbocycles. The van der Waals surface area contributed by atoms with E-state index >= 15 is 0 Å². The fourth-order valence-corrected chi connectivity index (χ4v) is 5.84. The number of carboxylic acids is 1. The van der Waals surface area contributed by atoms with Gasteiger partial charge < -0.3 is 14.7 Å². The second-order valence-corrected chi connectivity index (χ2v) is 10.0. The van der Waals surface area contributed by atoms with Gasteiger partial charge in [-0.15, -0.1) is 11.8 Å². The summed E-state index contributed by atoms with van der Waals surface area (Å²) in [4.78, 5) is 13.4. The standard InChI is InChI=1S/C28H31NO3S/c1-28(22-11-4-2-5-12-22,23-13-6-3-7-14-23)33-20-10-19-29-18-9-15-24-25(29)16-8-17-26(24)32-21-27(30)31/h2-8,11-14,16-17H,9-10,15,18-21H2,1H3,(H,30,31). The first-order valence-corrected chi connectivity index (χ1v) is 12.5. The highest BCUT2D eigenvalue weighted by Gasteiger charge is 2.29. The molecule has 0 spiro atoms. The first-order chi connectivity index (χ1) is 16.1. The molecule has 5 heteroatoms. The zero-order valence-electron chi connectivity index (χ0n) is 19.1. The maximum Gasteiger partial charge on any atom is 0.341 e. The van der Waals surface area contributed by atoms with E-state index in [4.69, 9.17) is 9.84 Å². The number of carboxylic acid groups (broad SMARTS) is 1. The number of fused-ring (bicyclic) bond motifs is 1. The van der Waals surface area contributed by atoms with E-state index in [2.05, 4.69) is 78.6 Å². The summed E-state index contributed by atoms with van der Waals surface area (Å²) in [5, 5.41) is 8.97. The van der Waals surface area contributed by atoms with Crippen LogP contribution in [0.5, 0.6) is 5.75 Å². The van der Waals surface area contributed by atoms with E-state index in [1.165, 1.54) is 16.8 Å². The summed E-state index contributed by atoms with van der Waals surface area (Å²) >= 11 is 2.00. The summed E-state index contributed by atoms with van der Waals surface area (Å²) in [7, 11) is 0. The average molecular weight is 462 g/mol. The minimum absolute atomic E-state index is 0.0971. The molecule has 1 aliphatic heterocycles. The van der Waals surface area contributed by atoms with Crippen molar-refractivity contribution in [1.29, 1.82) is 0 Å². The van der Waals surface area contributed by atoms with E-state index in [9.17, 15) is 4.79 Å². The Hall–Kier alpha value is -2.92. The molecule has 0 amide bonds. The van der Waals surface area contributed by atoms with Crippen LogP contribution in [0.25, 0.3) is 0 Å². The van der Waals surface area contributed by atoms with Crippen molar-refractivity contribution < 1.29 is 14.6 Å². The van der Waals surface area contributed by atoms with Gasteiger partial charge in [0.15, 0.2) is 6.61 Å². The number of hydrogen-bond donors (Lipinski definition) is 1. The Bertz CT molecular complexity index is 1020. The number of rotatable bonds is 10. The largest absolute Gasteiger partial charge is 0.482 e. The lowest BCUT2D eigenvalue weighted by atomic mass is 9.92. The summed E-state index contributed by atoms with van der Waals surface area (Å²) in [5.41, 5.74) is 4.97. The minimum atomic E-state index is -0.947. The Labute approximate surface area is 200 Å². The Kier molecular flexibility index (Phi) is 7.61. The van der Waals surface area contributed by atoms with Gasteiger partial charge in [-0.3, -0.25) is 0 Å². The van der Waals surface area contributed by atoms with Gasteiger partial charge in [-0.2, -0.15) is 0 Å². The van der Waals surface area contributed by atoms with Gasteiger partial charge in [0.1, 0.15) is 5.75 Å². The highest BCUT2D eigenvalue weighted by molar-refractivity contribution is 8.00. The van der Waals surface area contributed by atoms with E-state index in [1.807, 2.05) is 23.9 Å². The number of ether oxygens (including phenoxy) is 1. The van der Waals surface area contributed by atoms with E-state index in [-0.39, 0.29) is 11.4 Å². The Morgan fingerprint density at radius 1 is 1.00 bits per heavy atom. The quantitative estimate of drug-likeness (QED) is 0.376. The molecule has 33 heavy (non-hydrogen) atoms. The van der Waals surface area contributed by atoms with E-state index < -0.39 is 5.97 Å². The molecule has 4 rings (SSSR count). The number of anilines is 1. The molecular formula is C28H31NO3S. The van der Waals surface area contributed by atoms with Gasteiger partial charge in [-0.25, -0.2) is 4.79 Å². The van der Waals surface area contributed by atoms with E-state index in [1.54, 1.807) is 0 Å². The number of benzene rings is 3. The van der Waals surface area contributed by atoms with Gasteiger partial charge in [0.2, 0.25) is 0 Å². The fraction of sp³-hybridized carbons (Fsp3) is 0.321. The minimum Gasteiger partial charge on any atom is -0.482 e. The number of hydrogen-bond acceptors (Lipinski definition) is 4. The molecule has 0 bridgehead atoms. The summed E-state index contributed by atoms with van der Waals surface area (Å²) < 4.78 is 5.46. The molecule has 0 radical (unpaired) electrons. The maximum atomic E-state index is 10.9. The molecule has 0 fully saturated rings. The van der Waals surface area contributed by atoms with Crippen molar-refractivity contribution in [3.05, 3.63) is 95.6 Å². The van der Waals surface area contributed by atoms with Gasteiger partial charge >= 0.3 is 5.97 Å². The molecule has 0 atom stereocenters. The van der Waals surface area contributed by atoms with Crippen LogP contribution in [0, 0.1) is 0 Å². The van der Waals surface area contributed by atoms with Crippen molar-refractivity contribution in [3.8, 4) is 5.75 Å². The first kappa shape index (κ1) is 23.2. The number of aliphatic carboxylic acids is 1. The molecule has 0 aromatic heterocycles. The van der Waals surface area contributed by atoms with Crippen LogP contribution in [0.2, 0.25) is 0 Å². The molecule has 0 saturated heterocycles. The average Bonchev–Trinajstić information content (AvgIpc) is 2.86. The van der Waals surface area contributed by atoms with Crippen LogP contribution < -0.4 is 9.64 Å². The lowest BCUT2D eigenvalue weighted by molar-refractivity contribution is -0.139. The van der Waals surface area contributed by atoms with Crippen molar-refractivity contribution >= 4 is 23.4 Å². The lowest BCUT2D eigenvalue weighted by Crippen LogP contribution is -2.31. The number of carbonyl (C=O) groups is 1. The van der Waals surface area contributed by atoms with Crippen molar-refractivity contribution in [3.63, 3.8) is 0 Å². The molecule has 4 nitrogen and oxygen atoms in total. The van der Waals surface area contributed by atoms with Gasteiger partial charge in [0, 0.05) is 24.3 Å². The molecule has 1 aliphatic rings. The molecule has 0 saturated carbocycles. The molecule has 0 unspecified atom stereocenters.